The van der Waals surface area contributed by atoms with Gasteiger partial charge in [0.1, 0.15) is 5.82 Å². The third kappa shape index (κ3) is 4.15. The Bertz CT molecular complexity index is 482. The average molecular weight is 268 g/mol. The van der Waals surface area contributed by atoms with Crippen molar-refractivity contribution in [2.45, 2.75) is 25.9 Å². The lowest BCUT2D eigenvalue weighted by Gasteiger charge is -2.10. The van der Waals surface area contributed by atoms with E-state index in [4.69, 9.17) is 10.2 Å². The number of allylic oxidation sites excluding steroid dienone is 1. The molecular weight excluding hydrogens is 251 g/mol. The number of benzene rings is 1. The molecule has 0 bridgehead atoms. The topological polar surface area (TPSA) is 77.8 Å². The molecule has 1 aromatic carbocycles. The number of halogens is 1. The standard InChI is InChI=1S/C14H17FO4/c1-2-10(5-6-16)11-4-3-9(7-12(11)15)8-13(17)14(18)19/h3-5,7,13,16-17H,2,6,8H2,1H3,(H,18,19)/b10-5+. The zero-order valence-corrected chi connectivity index (χ0v) is 10.6. The Morgan fingerprint density at radius 2 is 2.16 bits per heavy atom. The van der Waals surface area contributed by atoms with Gasteiger partial charge in [-0.3, -0.25) is 0 Å². The van der Waals surface area contributed by atoms with E-state index in [9.17, 15) is 14.3 Å². The van der Waals surface area contributed by atoms with Gasteiger partial charge in [-0.2, -0.15) is 0 Å². The molecule has 104 valence electrons. The van der Waals surface area contributed by atoms with E-state index in [1.165, 1.54) is 18.2 Å². The molecule has 5 heteroatoms. The normalized spacial score (nSPS) is 13.4. The van der Waals surface area contributed by atoms with Crippen LogP contribution in [0.15, 0.2) is 24.3 Å². The molecule has 0 aliphatic heterocycles. The van der Waals surface area contributed by atoms with Crippen molar-refractivity contribution in [2.24, 2.45) is 0 Å². The molecular formula is C14H17FO4. The first-order valence-corrected chi connectivity index (χ1v) is 5.99. The molecule has 4 nitrogen and oxygen atoms in total. The van der Waals surface area contributed by atoms with Gasteiger partial charge in [0.05, 0.1) is 6.61 Å². The number of hydrogen-bond acceptors (Lipinski definition) is 3. The summed E-state index contributed by atoms with van der Waals surface area (Å²) in [5.41, 5.74) is 1.48. The molecule has 0 spiro atoms. The molecule has 1 rings (SSSR count). The molecule has 0 aliphatic rings. The van der Waals surface area contributed by atoms with Gasteiger partial charge >= 0.3 is 5.97 Å². The van der Waals surface area contributed by atoms with E-state index in [2.05, 4.69) is 0 Å². The maximum Gasteiger partial charge on any atom is 0.332 e. The summed E-state index contributed by atoms with van der Waals surface area (Å²) < 4.78 is 13.9. The maximum absolute atomic E-state index is 13.9. The van der Waals surface area contributed by atoms with Crippen LogP contribution in [0.1, 0.15) is 24.5 Å². The first-order chi connectivity index (χ1) is 8.99. The van der Waals surface area contributed by atoms with Crippen LogP contribution in [-0.2, 0) is 11.2 Å². The fraction of sp³-hybridized carbons (Fsp3) is 0.357. The molecule has 1 atom stereocenters. The third-order valence-corrected chi connectivity index (χ3v) is 2.81. The van der Waals surface area contributed by atoms with Crippen LogP contribution in [0.5, 0.6) is 0 Å². The fourth-order valence-corrected chi connectivity index (χ4v) is 1.81. The SMILES string of the molecule is CC/C(=C\CO)c1ccc(CC(O)C(=O)O)cc1F. The van der Waals surface area contributed by atoms with Crippen LogP contribution in [0.4, 0.5) is 4.39 Å². The highest BCUT2D eigenvalue weighted by Crippen LogP contribution is 2.22. The lowest BCUT2D eigenvalue weighted by molar-refractivity contribution is -0.146. The number of carbonyl (C=O) groups is 1. The van der Waals surface area contributed by atoms with Crippen molar-refractivity contribution in [1.82, 2.24) is 0 Å². The smallest absolute Gasteiger partial charge is 0.332 e. The van der Waals surface area contributed by atoms with Crippen molar-refractivity contribution in [3.8, 4) is 0 Å². The van der Waals surface area contributed by atoms with E-state index < -0.39 is 17.9 Å². The molecule has 1 aromatic rings. The Kier molecular flexibility index (Phi) is 5.66. The van der Waals surface area contributed by atoms with Crippen LogP contribution >= 0.6 is 0 Å². The monoisotopic (exact) mass is 268 g/mol. The Balaban J connectivity index is 2.97. The van der Waals surface area contributed by atoms with Gasteiger partial charge in [0, 0.05) is 12.0 Å². The molecule has 19 heavy (non-hydrogen) atoms. The molecule has 0 saturated heterocycles. The number of rotatable bonds is 6. The van der Waals surface area contributed by atoms with E-state index in [0.717, 1.165) is 0 Å². The van der Waals surface area contributed by atoms with Crippen molar-refractivity contribution >= 4 is 11.5 Å². The summed E-state index contributed by atoms with van der Waals surface area (Å²) in [7, 11) is 0. The van der Waals surface area contributed by atoms with E-state index in [1.54, 1.807) is 6.07 Å². The number of aliphatic hydroxyl groups excluding tert-OH is 2. The molecule has 0 amide bonds. The van der Waals surface area contributed by atoms with E-state index in [1.807, 2.05) is 6.92 Å². The van der Waals surface area contributed by atoms with E-state index >= 15 is 0 Å². The van der Waals surface area contributed by atoms with Crippen LogP contribution in [0.3, 0.4) is 0 Å². The van der Waals surface area contributed by atoms with Gasteiger partial charge in [-0.05, 0) is 23.6 Å². The first kappa shape index (κ1) is 15.3. The van der Waals surface area contributed by atoms with Gasteiger partial charge in [-0.25, -0.2) is 9.18 Å². The van der Waals surface area contributed by atoms with Crippen LogP contribution in [-0.4, -0.2) is 34.0 Å². The zero-order valence-electron chi connectivity index (χ0n) is 10.6. The second-order valence-electron chi connectivity index (χ2n) is 4.14. The summed E-state index contributed by atoms with van der Waals surface area (Å²) in [5.74, 6) is -1.82. The van der Waals surface area contributed by atoms with Gasteiger partial charge < -0.3 is 15.3 Å². The maximum atomic E-state index is 13.9. The highest BCUT2D eigenvalue weighted by molar-refractivity contribution is 5.72. The van der Waals surface area contributed by atoms with Crippen LogP contribution in [0.25, 0.3) is 5.57 Å². The number of carboxylic acid groups (broad SMARTS) is 1. The van der Waals surface area contributed by atoms with E-state index in [-0.39, 0.29) is 13.0 Å². The highest BCUT2D eigenvalue weighted by Gasteiger charge is 2.15. The third-order valence-electron chi connectivity index (χ3n) is 2.81. The number of hydrogen-bond donors (Lipinski definition) is 3. The Hall–Kier alpha value is -1.72. The predicted molar refractivity (Wildman–Crippen MR) is 69.1 cm³/mol. The van der Waals surface area contributed by atoms with Crippen LogP contribution in [0, 0.1) is 5.82 Å². The van der Waals surface area contributed by atoms with Gasteiger partial charge in [-0.1, -0.05) is 25.1 Å². The van der Waals surface area contributed by atoms with E-state index in [0.29, 0.717) is 23.1 Å². The van der Waals surface area contributed by atoms with Crippen molar-refractivity contribution in [3.63, 3.8) is 0 Å². The lowest BCUT2D eigenvalue weighted by Crippen LogP contribution is -2.22. The fourth-order valence-electron chi connectivity index (χ4n) is 1.81. The summed E-state index contributed by atoms with van der Waals surface area (Å²) in [5, 5.41) is 26.7. The van der Waals surface area contributed by atoms with Gasteiger partial charge in [0.15, 0.2) is 6.10 Å². The van der Waals surface area contributed by atoms with Gasteiger partial charge in [0.2, 0.25) is 0 Å². The minimum Gasteiger partial charge on any atom is -0.479 e. The zero-order chi connectivity index (χ0) is 14.4. The highest BCUT2D eigenvalue weighted by atomic mass is 19.1. The largest absolute Gasteiger partial charge is 0.479 e. The quantitative estimate of drug-likeness (QED) is 0.732. The van der Waals surface area contributed by atoms with Gasteiger partial charge in [0.25, 0.3) is 0 Å². The molecule has 3 N–H and O–H groups in total. The molecule has 0 fully saturated rings. The Morgan fingerprint density at radius 1 is 1.47 bits per heavy atom. The van der Waals surface area contributed by atoms with Gasteiger partial charge in [-0.15, -0.1) is 0 Å². The van der Waals surface area contributed by atoms with Crippen molar-refractivity contribution in [3.05, 3.63) is 41.2 Å². The molecule has 0 saturated carbocycles. The number of aliphatic carboxylic acids is 1. The summed E-state index contributed by atoms with van der Waals surface area (Å²) in [4.78, 5) is 10.5. The minimum absolute atomic E-state index is 0.141. The number of carboxylic acids is 1. The van der Waals surface area contributed by atoms with Crippen molar-refractivity contribution < 1.29 is 24.5 Å². The summed E-state index contributed by atoms with van der Waals surface area (Å²) in [6.07, 6.45) is 0.431. The summed E-state index contributed by atoms with van der Waals surface area (Å²) >= 11 is 0. The molecule has 0 aliphatic carbocycles. The summed E-state index contributed by atoms with van der Waals surface area (Å²) in [6.45, 7) is 1.69. The Labute approximate surface area is 110 Å². The van der Waals surface area contributed by atoms with Crippen LogP contribution < -0.4 is 0 Å². The molecule has 0 aromatic heterocycles. The molecule has 1 unspecified atom stereocenters. The van der Waals surface area contributed by atoms with Crippen molar-refractivity contribution in [2.75, 3.05) is 6.61 Å². The summed E-state index contributed by atoms with van der Waals surface area (Å²) in [6, 6.07) is 4.32. The van der Waals surface area contributed by atoms with Crippen molar-refractivity contribution in [1.29, 1.82) is 0 Å². The second-order valence-corrected chi connectivity index (χ2v) is 4.14. The first-order valence-electron chi connectivity index (χ1n) is 5.99. The number of aliphatic hydroxyl groups is 2. The second kappa shape index (κ2) is 7.01. The predicted octanol–water partition coefficient (Wildman–Crippen LogP) is 1.60. The lowest BCUT2D eigenvalue weighted by atomic mass is 9.99. The molecule has 0 radical (unpaired) electrons. The Morgan fingerprint density at radius 3 is 2.63 bits per heavy atom. The van der Waals surface area contributed by atoms with Crippen LogP contribution in [0.2, 0.25) is 0 Å². The average Bonchev–Trinajstić information content (AvgIpc) is 2.36. The molecule has 0 heterocycles. The minimum atomic E-state index is -1.54.